The molecule has 2 aliphatic heterocycles. The molecule has 1 atom stereocenters. The molecule has 1 unspecified atom stereocenters. The third kappa shape index (κ3) is 1.69. The van der Waals surface area contributed by atoms with E-state index in [0.717, 1.165) is 6.42 Å². The van der Waals surface area contributed by atoms with Crippen molar-refractivity contribution in [2.45, 2.75) is 37.5 Å². The fraction of sp³-hybridized carbons (Fsp3) is 0.900. The van der Waals surface area contributed by atoms with Gasteiger partial charge in [-0.1, -0.05) is 0 Å². The van der Waals surface area contributed by atoms with Crippen LogP contribution in [0.2, 0.25) is 0 Å². The van der Waals surface area contributed by atoms with Crippen molar-refractivity contribution in [3.63, 3.8) is 0 Å². The lowest BCUT2D eigenvalue weighted by atomic mass is 9.95. The average molecular weight is 246 g/mol. The molecule has 0 aromatic carbocycles. The third-order valence-electron chi connectivity index (χ3n) is 3.15. The molecule has 0 radical (unpaired) electrons. The second-order valence-electron chi connectivity index (χ2n) is 5.65. The minimum absolute atomic E-state index is 0.361. The molecular weight excluding hydrogens is 228 g/mol. The SMILES string of the molecule is CC(C)(C)OC(=O)N1CC2(CCS2(=N)=O)C1. The number of hydrogen-bond donors (Lipinski definition) is 1. The smallest absolute Gasteiger partial charge is 0.410 e. The van der Waals surface area contributed by atoms with E-state index in [1.807, 2.05) is 20.8 Å². The molecule has 0 aliphatic carbocycles. The Morgan fingerprint density at radius 2 is 2.00 bits per heavy atom. The number of rotatable bonds is 0. The molecule has 1 N–H and O–H groups in total. The van der Waals surface area contributed by atoms with Crippen molar-refractivity contribution >= 4 is 15.8 Å². The van der Waals surface area contributed by atoms with Crippen LogP contribution in [-0.4, -0.2) is 44.4 Å². The van der Waals surface area contributed by atoms with Gasteiger partial charge in [0, 0.05) is 18.8 Å². The first-order chi connectivity index (χ1) is 7.15. The van der Waals surface area contributed by atoms with Gasteiger partial charge in [0.1, 0.15) is 5.60 Å². The molecule has 0 aromatic heterocycles. The van der Waals surface area contributed by atoms with Crippen molar-refractivity contribution in [1.29, 1.82) is 4.78 Å². The highest BCUT2D eigenvalue weighted by molar-refractivity contribution is 7.95. The van der Waals surface area contributed by atoms with Crippen LogP contribution in [0, 0.1) is 4.78 Å². The maximum Gasteiger partial charge on any atom is 0.410 e. The molecule has 2 aliphatic rings. The Kier molecular flexibility index (Phi) is 2.28. The molecule has 1 amide bonds. The molecule has 2 fully saturated rings. The number of ether oxygens (including phenoxy) is 1. The van der Waals surface area contributed by atoms with Gasteiger partial charge >= 0.3 is 6.09 Å². The summed E-state index contributed by atoms with van der Waals surface area (Å²) in [5, 5.41) is 0. The van der Waals surface area contributed by atoms with Crippen LogP contribution in [0.3, 0.4) is 0 Å². The van der Waals surface area contributed by atoms with E-state index in [9.17, 15) is 9.00 Å². The van der Waals surface area contributed by atoms with Crippen LogP contribution >= 0.6 is 0 Å². The highest BCUT2D eigenvalue weighted by Crippen LogP contribution is 2.42. The van der Waals surface area contributed by atoms with E-state index < -0.39 is 20.1 Å². The van der Waals surface area contributed by atoms with Crippen molar-refractivity contribution in [2.75, 3.05) is 18.8 Å². The maximum atomic E-state index is 11.7. The van der Waals surface area contributed by atoms with Gasteiger partial charge in [0.05, 0.1) is 14.5 Å². The van der Waals surface area contributed by atoms with Gasteiger partial charge in [-0.25, -0.2) is 9.00 Å². The van der Waals surface area contributed by atoms with Crippen molar-refractivity contribution in [2.24, 2.45) is 0 Å². The summed E-state index contributed by atoms with van der Waals surface area (Å²) in [6.45, 7) is 6.29. The molecule has 2 heterocycles. The summed E-state index contributed by atoms with van der Waals surface area (Å²) >= 11 is 0. The second-order valence-corrected chi connectivity index (χ2v) is 8.27. The first-order valence-electron chi connectivity index (χ1n) is 5.39. The number of likely N-dealkylation sites (tertiary alicyclic amines) is 1. The number of carbonyl (C=O) groups is 1. The Hall–Kier alpha value is -0.780. The van der Waals surface area contributed by atoms with E-state index >= 15 is 0 Å². The Morgan fingerprint density at radius 1 is 1.44 bits per heavy atom. The first kappa shape index (κ1) is 11.7. The minimum atomic E-state index is -2.44. The normalized spacial score (nSPS) is 31.8. The van der Waals surface area contributed by atoms with Crippen LogP contribution in [0.1, 0.15) is 27.2 Å². The second kappa shape index (κ2) is 3.12. The molecule has 6 heteroatoms. The standard InChI is InChI=1S/C10H18N2O3S/c1-9(2,3)15-8(13)12-6-10(7-12)4-5-16(10,11)14/h11H,4-7H2,1-3H3. The highest BCUT2D eigenvalue weighted by atomic mass is 32.2. The van der Waals surface area contributed by atoms with E-state index in [1.54, 1.807) is 4.90 Å². The molecule has 0 bridgehead atoms. The quantitative estimate of drug-likeness (QED) is 0.702. The summed E-state index contributed by atoms with van der Waals surface area (Å²) in [5.74, 6) is 0.481. The van der Waals surface area contributed by atoms with Crippen molar-refractivity contribution in [3.8, 4) is 0 Å². The summed E-state index contributed by atoms with van der Waals surface area (Å²) in [6, 6.07) is 0. The molecule has 2 rings (SSSR count). The first-order valence-corrected chi connectivity index (χ1v) is 7.12. The average Bonchev–Trinajstić information content (AvgIpc) is 1.96. The summed E-state index contributed by atoms with van der Waals surface area (Å²) in [6.07, 6.45) is 0.439. The zero-order valence-corrected chi connectivity index (χ0v) is 10.7. The van der Waals surface area contributed by atoms with Gasteiger partial charge in [-0.2, -0.15) is 0 Å². The van der Waals surface area contributed by atoms with Crippen LogP contribution < -0.4 is 0 Å². The Balaban J connectivity index is 1.92. The van der Waals surface area contributed by atoms with Gasteiger partial charge in [0.25, 0.3) is 0 Å². The lowest BCUT2D eigenvalue weighted by Crippen LogP contribution is -2.72. The van der Waals surface area contributed by atoms with E-state index in [1.165, 1.54) is 0 Å². The predicted molar refractivity (Wildman–Crippen MR) is 60.9 cm³/mol. The number of hydrogen-bond acceptors (Lipinski definition) is 4. The van der Waals surface area contributed by atoms with Crippen molar-refractivity contribution in [3.05, 3.63) is 0 Å². The molecule has 2 saturated heterocycles. The van der Waals surface area contributed by atoms with Gasteiger partial charge in [0.15, 0.2) is 0 Å². The zero-order chi connectivity index (χ0) is 12.2. The van der Waals surface area contributed by atoms with Crippen LogP contribution in [0.4, 0.5) is 4.79 Å². The molecule has 92 valence electrons. The Labute approximate surface area is 96.1 Å². The van der Waals surface area contributed by atoms with Gasteiger partial charge in [-0.15, -0.1) is 0 Å². The van der Waals surface area contributed by atoms with Crippen LogP contribution in [-0.2, 0) is 14.5 Å². The molecule has 0 saturated carbocycles. The lowest BCUT2D eigenvalue weighted by molar-refractivity contribution is 0.00171. The lowest BCUT2D eigenvalue weighted by Gasteiger charge is -2.55. The number of nitrogens with zero attached hydrogens (tertiary/aromatic N) is 1. The summed E-state index contributed by atoms with van der Waals surface area (Å²) in [7, 11) is -2.44. The molecule has 1 spiro atoms. The summed E-state index contributed by atoms with van der Waals surface area (Å²) < 4.78 is 24.1. The van der Waals surface area contributed by atoms with Crippen LogP contribution in [0.5, 0.6) is 0 Å². The van der Waals surface area contributed by atoms with Gasteiger partial charge in [-0.3, -0.25) is 4.78 Å². The van der Waals surface area contributed by atoms with E-state index in [-0.39, 0.29) is 6.09 Å². The van der Waals surface area contributed by atoms with Crippen molar-refractivity contribution < 1.29 is 13.7 Å². The predicted octanol–water partition coefficient (Wildman–Crippen LogP) is 1.43. The zero-order valence-electron chi connectivity index (χ0n) is 9.91. The molecular formula is C10H18N2O3S. The largest absolute Gasteiger partial charge is 0.444 e. The van der Waals surface area contributed by atoms with Crippen LogP contribution in [0.25, 0.3) is 0 Å². The van der Waals surface area contributed by atoms with Gasteiger partial charge < -0.3 is 9.64 Å². The monoisotopic (exact) mass is 246 g/mol. The van der Waals surface area contributed by atoms with Crippen LogP contribution in [0.15, 0.2) is 0 Å². The van der Waals surface area contributed by atoms with Crippen molar-refractivity contribution in [1.82, 2.24) is 4.90 Å². The maximum absolute atomic E-state index is 11.7. The summed E-state index contributed by atoms with van der Waals surface area (Å²) in [4.78, 5) is 13.2. The van der Waals surface area contributed by atoms with Gasteiger partial charge in [0.2, 0.25) is 0 Å². The minimum Gasteiger partial charge on any atom is -0.444 e. The number of nitrogens with one attached hydrogen (secondary N) is 1. The Morgan fingerprint density at radius 3 is 2.31 bits per heavy atom. The topological polar surface area (TPSA) is 70.5 Å². The molecule has 0 aromatic rings. The third-order valence-corrected chi connectivity index (χ3v) is 5.79. The number of carbonyl (C=O) groups excluding carboxylic acids is 1. The molecule has 5 nitrogen and oxygen atoms in total. The van der Waals surface area contributed by atoms with E-state index in [0.29, 0.717) is 18.8 Å². The fourth-order valence-corrected chi connectivity index (χ4v) is 3.93. The summed E-state index contributed by atoms with van der Waals surface area (Å²) in [5.41, 5.74) is -0.498. The highest BCUT2D eigenvalue weighted by Gasteiger charge is 2.58. The van der Waals surface area contributed by atoms with Gasteiger partial charge in [-0.05, 0) is 27.2 Å². The molecule has 16 heavy (non-hydrogen) atoms. The van der Waals surface area contributed by atoms with E-state index in [4.69, 9.17) is 9.52 Å². The number of amides is 1. The fourth-order valence-electron chi connectivity index (χ4n) is 2.05. The van der Waals surface area contributed by atoms with E-state index in [2.05, 4.69) is 0 Å². The Bertz CT molecular complexity index is 416.